The Labute approximate surface area is 144 Å². The molecule has 2 aromatic carbocycles. The Morgan fingerprint density at radius 1 is 1.08 bits per heavy atom. The molecule has 2 N–H and O–H groups in total. The fraction of sp³-hybridized carbons (Fsp3) is 0.350. The van der Waals surface area contributed by atoms with Crippen molar-refractivity contribution in [3.63, 3.8) is 0 Å². The summed E-state index contributed by atoms with van der Waals surface area (Å²) in [5, 5.41) is 6.31. The number of rotatable bonds is 8. The van der Waals surface area contributed by atoms with Crippen molar-refractivity contribution >= 4 is 17.3 Å². The van der Waals surface area contributed by atoms with Gasteiger partial charge >= 0.3 is 0 Å². The molecule has 0 aliphatic carbocycles. The van der Waals surface area contributed by atoms with Crippen LogP contribution >= 0.6 is 0 Å². The fourth-order valence-electron chi connectivity index (χ4n) is 2.36. The molecule has 0 aromatic heterocycles. The maximum atomic E-state index is 11.9. The van der Waals surface area contributed by atoms with Crippen molar-refractivity contribution < 1.29 is 9.53 Å². The Kier molecular flexibility index (Phi) is 6.67. The van der Waals surface area contributed by atoms with Crippen molar-refractivity contribution in [2.24, 2.45) is 5.92 Å². The van der Waals surface area contributed by atoms with E-state index in [-0.39, 0.29) is 5.91 Å². The molecule has 24 heavy (non-hydrogen) atoms. The van der Waals surface area contributed by atoms with Crippen LogP contribution in [0.2, 0.25) is 0 Å². The largest absolute Gasteiger partial charge is 0.494 e. The highest BCUT2D eigenvalue weighted by Gasteiger charge is 2.05. The average molecular weight is 326 g/mol. The van der Waals surface area contributed by atoms with Crippen LogP contribution in [0.1, 0.15) is 32.8 Å². The van der Waals surface area contributed by atoms with Crippen LogP contribution in [-0.4, -0.2) is 12.5 Å². The van der Waals surface area contributed by atoms with Gasteiger partial charge in [-0.15, -0.1) is 0 Å². The first-order chi connectivity index (χ1) is 11.6. The third-order valence-electron chi connectivity index (χ3n) is 3.47. The Morgan fingerprint density at radius 3 is 2.46 bits per heavy atom. The van der Waals surface area contributed by atoms with E-state index in [2.05, 4.69) is 10.6 Å². The van der Waals surface area contributed by atoms with E-state index in [1.165, 1.54) is 5.56 Å². The van der Waals surface area contributed by atoms with Gasteiger partial charge in [0.1, 0.15) is 5.75 Å². The van der Waals surface area contributed by atoms with Crippen LogP contribution in [0.5, 0.6) is 5.75 Å². The number of carbonyl (C=O) groups excluding carboxylic acids is 1. The lowest BCUT2D eigenvalue weighted by atomic mass is 10.1. The Bertz CT molecular complexity index is 651. The van der Waals surface area contributed by atoms with Gasteiger partial charge in [-0.2, -0.15) is 0 Å². The highest BCUT2D eigenvalue weighted by atomic mass is 16.5. The van der Waals surface area contributed by atoms with Crippen molar-refractivity contribution in [1.29, 1.82) is 0 Å². The molecule has 0 heterocycles. The van der Waals surface area contributed by atoms with Crippen molar-refractivity contribution in [2.45, 2.75) is 33.7 Å². The molecule has 0 radical (unpaired) electrons. The minimum atomic E-state index is 0.0497. The standard InChI is InChI=1S/C20H26N2O2/c1-4-24-19-10-8-16(9-11-19)14-21-17-6-5-7-18(13-17)22-20(23)12-15(2)3/h5-11,13,15,21H,4,12,14H2,1-3H3,(H,22,23). The number of benzene rings is 2. The summed E-state index contributed by atoms with van der Waals surface area (Å²) in [5.74, 6) is 1.29. The zero-order valence-corrected chi connectivity index (χ0v) is 14.6. The first kappa shape index (κ1) is 17.9. The van der Waals surface area contributed by atoms with Gasteiger partial charge in [-0.1, -0.05) is 32.0 Å². The first-order valence-corrected chi connectivity index (χ1v) is 8.42. The van der Waals surface area contributed by atoms with Gasteiger partial charge in [0, 0.05) is 24.3 Å². The number of hydrogen-bond acceptors (Lipinski definition) is 3. The number of hydrogen-bond donors (Lipinski definition) is 2. The number of amides is 1. The second kappa shape index (κ2) is 8.96. The fourth-order valence-corrected chi connectivity index (χ4v) is 2.36. The summed E-state index contributed by atoms with van der Waals surface area (Å²) in [7, 11) is 0. The van der Waals surface area contributed by atoms with Gasteiger partial charge in [-0.3, -0.25) is 4.79 Å². The van der Waals surface area contributed by atoms with Crippen molar-refractivity contribution in [2.75, 3.05) is 17.2 Å². The molecule has 0 bridgehead atoms. The molecule has 2 rings (SSSR count). The second-order valence-electron chi connectivity index (χ2n) is 6.16. The van der Waals surface area contributed by atoms with Crippen LogP contribution in [0.25, 0.3) is 0 Å². The van der Waals surface area contributed by atoms with E-state index < -0.39 is 0 Å². The van der Waals surface area contributed by atoms with Crippen molar-refractivity contribution in [1.82, 2.24) is 0 Å². The van der Waals surface area contributed by atoms with Gasteiger partial charge in [0.05, 0.1) is 6.61 Å². The topological polar surface area (TPSA) is 50.4 Å². The average Bonchev–Trinajstić information content (AvgIpc) is 2.54. The monoisotopic (exact) mass is 326 g/mol. The van der Waals surface area contributed by atoms with Crippen LogP contribution in [0.15, 0.2) is 48.5 Å². The van der Waals surface area contributed by atoms with E-state index >= 15 is 0 Å². The van der Waals surface area contributed by atoms with E-state index in [0.717, 1.165) is 23.7 Å². The molecule has 0 saturated carbocycles. The van der Waals surface area contributed by atoms with Crippen LogP contribution in [0.3, 0.4) is 0 Å². The highest BCUT2D eigenvalue weighted by Crippen LogP contribution is 2.18. The predicted molar refractivity (Wildman–Crippen MR) is 99.5 cm³/mol. The SMILES string of the molecule is CCOc1ccc(CNc2cccc(NC(=O)CC(C)C)c2)cc1. The number of anilines is 2. The van der Waals surface area contributed by atoms with E-state index in [0.29, 0.717) is 18.9 Å². The van der Waals surface area contributed by atoms with Crippen LogP contribution < -0.4 is 15.4 Å². The lowest BCUT2D eigenvalue weighted by Crippen LogP contribution is -2.13. The Balaban J connectivity index is 1.90. The lowest BCUT2D eigenvalue weighted by Gasteiger charge is -2.11. The minimum Gasteiger partial charge on any atom is -0.494 e. The molecule has 0 saturated heterocycles. The first-order valence-electron chi connectivity index (χ1n) is 8.42. The zero-order chi connectivity index (χ0) is 17.4. The van der Waals surface area contributed by atoms with Gasteiger partial charge in [0.2, 0.25) is 5.91 Å². The third-order valence-corrected chi connectivity index (χ3v) is 3.47. The van der Waals surface area contributed by atoms with Gasteiger partial charge in [-0.05, 0) is 48.7 Å². The molecule has 4 nitrogen and oxygen atoms in total. The van der Waals surface area contributed by atoms with Crippen molar-refractivity contribution in [3.05, 3.63) is 54.1 Å². The second-order valence-corrected chi connectivity index (χ2v) is 6.16. The molecule has 0 aliphatic heterocycles. The van der Waals surface area contributed by atoms with Gasteiger partial charge in [0.15, 0.2) is 0 Å². The Hall–Kier alpha value is -2.49. The normalized spacial score (nSPS) is 10.5. The molecule has 0 aliphatic rings. The molecule has 0 unspecified atom stereocenters. The minimum absolute atomic E-state index is 0.0497. The molecule has 0 fully saturated rings. The molecule has 1 amide bonds. The van der Waals surface area contributed by atoms with Gasteiger partial charge < -0.3 is 15.4 Å². The van der Waals surface area contributed by atoms with Crippen molar-refractivity contribution in [3.8, 4) is 5.75 Å². The molecular formula is C20H26N2O2. The summed E-state index contributed by atoms with van der Waals surface area (Å²) < 4.78 is 5.44. The zero-order valence-electron chi connectivity index (χ0n) is 14.6. The lowest BCUT2D eigenvalue weighted by molar-refractivity contribution is -0.116. The van der Waals surface area contributed by atoms with E-state index in [1.807, 2.05) is 69.3 Å². The van der Waals surface area contributed by atoms with Crippen LogP contribution in [-0.2, 0) is 11.3 Å². The maximum absolute atomic E-state index is 11.9. The summed E-state index contributed by atoms with van der Waals surface area (Å²) >= 11 is 0. The summed E-state index contributed by atoms with van der Waals surface area (Å²) in [6.45, 7) is 7.44. The quantitative estimate of drug-likeness (QED) is 0.740. The Morgan fingerprint density at radius 2 is 1.79 bits per heavy atom. The summed E-state index contributed by atoms with van der Waals surface area (Å²) in [5.41, 5.74) is 2.97. The molecule has 0 atom stereocenters. The molecule has 2 aromatic rings. The van der Waals surface area contributed by atoms with Gasteiger partial charge in [0.25, 0.3) is 0 Å². The smallest absolute Gasteiger partial charge is 0.224 e. The third kappa shape index (κ3) is 5.95. The molecule has 0 spiro atoms. The van der Waals surface area contributed by atoms with E-state index in [1.54, 1.807) is 0 Å². The summed E-state index contributed by atoms with van der Waals surface area (Å²) in [6, 6.07) is 15.8. The number of carbonyl (C=O) groups is 1. The molecule has 128 valence electrons. The van der Waals surface area contributed by atoms with E-state index in [9.17, 15) is 4.79 Å². The van der Waals surface area contributed by atoms with Crippen LogP contribution in [0, 0.1) is 5.92 Å². The molecular weight excluding hydrogens is 300 g/mol. The number of ether oxygens (including phenoxy) is 1. The predicted octanol–water partition coefficient (Wildman–Crippen LogP) is 4.68. The maximum Gasteiger partial charge on any atom is 0.224 e. The number of nitrogens with one attached hydrogen (secondary N) is 2. The summed E-state index contributed by atoms with van der Waals surface area (Å²) in [6.07, 6.45) is 0.532. The molecule has 4 heteroatoms. The highest BCUT2D eigenvalue weighted by molar-refractivity contribution is 5.91. The van der Waals surface area contributed by atoms with E-state index in [4.69, 9.17) is 4.74 Å². The summed E-state index contributed by atoms with van der Waals surface area (Å²) in [4.78, 5) is 11.9. The van der Waals surface area contributed by atoms with Gasteiger partial charge in [-0.25, -0.2) is 0 Å². The van der Waals surface area contributed by atoms with Crippen LogP contribution in [0.4, 0.5) is 11.4 Å².